The first kappa shape index (κ1) is 8.52. The van der Waals surface area contributed by atoms with Crippen LogP contribution in [0, 0.1) is 0 Å². The summed E-state index contributed by atoms with van der Waals surface area (Å²) < 4.78 is 4.65. The predicted octanol–water partition coefficient (Wildman–Crippen LogP) is 0.438. The molecule has 1 rings (SSSR count). The fourth-order valence-corrected chi connectivity index (χ4v) is 0.749. The third-order valence-corrected chi connectivity index (χ3v) is 1.33. The number of hydrogen-bond acceptors (Lipinski definition) is 3. The highest BCUT2D eigenvalue weighted by Crippen LogP contribution is 1.92. The van der Waals surface area contributed by atoms with Gasteiger partial charge in [0.2, 0.25) is 0 Å². The third kappa shape index (κ3) is 2.23. The van der Waals surface area contributed by atoms with E-state index in [0.29, 0.717) is 5.56 Å². The number of esters is 1. The van der Waals surface area contributed by atoms with Gasteiger partial charge in [0.05, 0.1) is 5.56 Å². The number of ether oxygens (including phenoxy) is 1. The Morgan fingerprint density at radius 1 is 1.67 bits per heavy atom. The average molecular weight is 167 g/mol. The van der Waals surface area contributed by atoms with E-state index in [0.717, 1.165) is 0 Å². The Labute approximate surface area is 69.2 Å². The van der Waals surface area contributed by atoms with Gasteiger partial charge in [-0.15, -0.1) is 0 Å². The Bertz CT molecular complexity index is 329. The largest absolute Gasteiger partial charge is 0.461 e. The quantitative estimate of drug-likeness (QED) is 0.650. The topological polar surface area (TPSA) is 59.2 Å². The summed E-state index contributed by atoms with van der Waals surface area (Å²) in [5.41, 5.74) is 0.228. The van der Waals surface area contributed by atoms with Crippen molar-refractivity contribution in [3.05, 3.63) is 34.2 Å². The van der Waals surface area contributed by atoms with Crippen molar-refractivity contribution in [1.82, 2.24) is 4.98 Å². The summed E-state index contributed by atoms with van der Waals surface area (Å²) in [4.78, 5) is 23.9. The van der Waals surface area contributed by atoms with E-state index in [4.69, 9.17) is 0 Å². The van der Waals surface area contributed by atoms with Crippen molar-refractivity contribution in [3.8, 4) is 0 Å². The molecule has 0 atom stereocenters. The molecule has 1 aromatic rings. The minimum absolute atomic E-state index is 0.0332. The smallest absolute Gasteiger partial charge is 0.302 e. The fraction of sp³-hybridized carbons (Fsp3) is 0.250. The molecule has 4 nitrogen and oxygen atoms in total. The van der Waals surface area contributed by atoms with Crippen LogP contribution in [-0.4, -0.2) is 11.0 Å². The Morgan fingerprint density at radius 2 is 2.42 bits per heavy atom. The van der Waals surface area contributed by atoms with Crippen LogP contribution in [0.4, 0.5) is 0 Å². The Morgan fingerprint density at radius 3 is 3.00 bits per heavy atom. The summed E-state index contributed by atoms with van der Waals surface area (Å²) in [7, 11) is 0. The average Bonchev–Trinajstić information content (AvgIpc) is 2.03. The minimum Gasteiger partial charge on any atom is -0.461 e. The highest BCUT2D eigenvalue weighted by molar-refractivity contribution is 5.65. The van der Waals surface area contributed by atoms with Crippen molar-refractivity contribution in [3.63, 3.8) is 0 Å². The second-order valence-corrected chi connectivity index (χ2v) is 2.30. The summed E-state index contributed by atoms with van der Waals surface area (Å²) in [5, 5.41) is 0. The van der Waals surface area contributed by atoms with E-state index < -0.39 is 5.97 Å². The zero-order valence-electron chi connectivity index (χ0n) is 6.66. The number of nitrogens with one attached hydrogen (secondary N) is 1. The van der Waals surface area contributed by atoms with Crippen LogP contribution in [0.3, 0.4) is 0 Å². The van der Waals surface area contributed by atoms with Gasteiger partial charge in [0, 0.05) is 13.1 Å². The second-order valence-electron chi connectivity index (χ2n) is 2.30. The number of aromatic amines is 1. The summed E-state index contributed by atoms with van der Waals surface area (Å²) in [6, 6.07) is 3.29. The van der Waals surface area contributed by atoms with E-state index in [1.54, 1.807) is 12.1 Å². The summed E-state index contributed by atoms with van der Waals surface area (Å²) >= 11 is 0. The first-order valence-electron chi connectivity index (χ1n) is 3.50. The molecule has 0 bridgehead atoms. The van der Waals surface area contributed by atoms with Gasteiger partial charge in [0.25, 0.3) is 5.56 Å². The molecule has 0 unspecified atom stereocenters. The SMILES string of the molecule is CC(=O)OCc1ccc[nH]c1=O. The summed E-state index contributed by atoms with van der Waals surface area (Å²) in [6.45, 7) is 1.34. The molecule has 0 aliphatic rings. The van der Waals surface area contributed by atoms with Crippen molar-refractivity contribution < 1.29 is 9.53 Å². The maximum atomic E-state index is 11.0. The van der Waals surface area contributed by atoms with Crippen LogP contribution in [-0.2, 0) is 16.1 Å². The van der Waals surface area contributed by atoms with Crippen molar-refractivity contribution >= 4 is 5.97 Å². The van der Waals surface area contributed by atoms with Gasteiger partial charge >= 0.3 is 5.97 Å². The van der Waals surface area contributed by atoms with E-state index in [9.17, 15) is 9.59 Å². The molecule has 0 amide bonds. The summed E-state index contributed by atoms with van der Waals surface area (Å²) in [5.74, 6) is -0.391. The molecule has 12 heavy (non-hydrogen) atoms. The van der Waals surface area contributed by atoms with Crippen molar-refractivity contribution in [1.29, 1.82) is 0 Å². The van der Waals surface area contributed by atoms with Crippen molar-refractivity contribution in [2.24, 2.45) is 0 Å². The van der Waals surface area contributed by atoms with E-state index >= 15 is 0 Å². The normalized spacial score (nSPS) is 9.42. The van der Waals surface area contributed by atoms with Gasteiger partial charge in [0.1, 0.15) is 6.61 Å². The second kappa shape index (κ2) is 3.71. The number of rotatable bonds is 2. The maximum absolute atomic E-state index is 11.0. The molecule has 0 fully saturated rings. The highest BCUT2D eigenvalue weighted by atomic mass is 16.5. The molecular weight excluding hydrogens is 158 g/mol. The fourth-order valence-electron chi connectivity index (χ4n) is 0.749. The van der Waals surface area contributed by atoms with E-state index in [-0.39, 0.29) is 12.2 Å². The lowest BCUT2D eigenvalue weighted by atomic mass is 10.3. The van der Waals surface area contributed by atoms with Gasteiger partial charge in [-0.25, -0.2) is 0 Å². The number of carbonyl (C=O) groups excluding carboxylic acids is 1. The number of carbonyl (C=O) groups is 1. The van der Waals surface area contributed by atoms with Crippen LogP contribution in [0.5, 0.6) is 0 Å². The van der Waals surface area contributed by atoms with Crippen LogP contribution in [0.25, 0.3) is 0 Å². The standard InChI is InChI=1S/C8H9NO3/c1-6(10)12-5-7-3-2-4-9-8(7)11/h2-4H,5H2,1H3,(H,9,11). The van der Waals surface area contributed by atoms with Crippen LogP contribution in [0.2, 0.25) is 0 Å². The molecule has 1 aromatic heterocycles. The lowest BCUT2D eigenvalue weighted by molar-refractivity contribution is -0.142. The van der Waals surface area contributed by atoms with E-state index in [2.05, 4.69) is 9.72 Å². The van der Waals surface area contributed by atoms with Crippen LogP contribution >= 0.6 is 0 Å². The Kier molecular flexibility index (Phi) is 2.63. The van der Waals surface area contributed by atoms with Crippen LogP contribution < -0.4 is 5.56 Å². The van der Waals surface area contributed by atoms with Gasteiger partial charge in [-0.1, -0.05) is 0 Å². The lowest BCUT2D eigenvalue weighted by Crippen LogP contribution is -2.13. The highest BCUT2D eigenvalue weighted by Gasteiger charge is 1.99. The molecule has 0 aliphatic carbocycles. The predicted molar refractivity (Wildman–Crippen MR) is 42.5 cm³/mol. The minimum atomic E-state index is -0.391. The molecule has 0 aromatic carbocycles. The molecule has 4 heteroatoms. The van der Waals surface area contributed by atoms with Crippen LogP contribution in [0.1, 0.15) is 12.5 Å². The molecule has 1 N–H and O–H groups in total. The maximum Gasteiger partial charge on any atom is 0.302 e. The monoisotopic (exact) mass is 167 g/mol. The van der Waals surface area contributed by atoms with Gasteiger partial charge < -0.3 is 9.72 Å². The van der Waals surface area contributed by atoms with E-state index in [1.165, 1.54) is 13.1 Å². The van der Waals surface area contributed by atoms with E-state index in [1.807, 2.05) is 0 Å². The Balaban J connectivity index is 2.70. The van der Waals surface area contributed by atoms with Crippen molar-refractivity contribution in [2.75, 3.05) is 0 Å². The van der Waals surface area contributed by atoms with Gasteiger partial charge in [-0.3, -0.25) is 9.59 Å². The number of aromatic nitrogens is 1. The molecular formula is C8H9NO3. The molecule has 0 radical (unpaired) electrons. The van der Waals surface area contributed by atoms with Gasteiger partial charge in [0.15, 0.2) is 0 Å². The van der Waals surface area contributed by atoms with Gasteiger partial charge in [-0.05, 0) is 12.1 Å². The Hall–Kier alpha value is -1.58. The first-order valence-corrected chi connectivity index (χ1v) is 3.50. The lowest BCUT2D eigenvalue weighted by Gasteiger charge is -1.99. The molecule has 1 heterocycles. The molecule has 0 spiro atoms. The molecule has 0 saturated heterocycles. The third-order valence-electron chi connectivity index (χ3n) is 1.33. The number of pyridine rings is 1. The number of hydrogen-bond donors (Lipinski definition) is 1. The van der Waals surface area contributed by atoms with Crippen molar-refractivity contribution in [2.45, 2.75) is 13.5 Å². The zero-order valence-corrected chi connectivity index (χ0v) is 6.66. The molecule has 64 valence electrons. The molecule has 0 saturated carbocycles. The van der Waals surface area contributed by atoms with Gasteiger partial charge in [-0.2, -0.15) is 0 Å². The summed E-state index contributed by atoms with van der Waals surface area (Å²) in [6.07, 6.45) is 1.53. The number of H-pyrrole nitrogens is 1. The molecule has 0 aliphatic heterocycles. The van der Waals surface area contributed by atoms with Crippen LogP contribution in [0.15, 0.2) is 23.1 Å². The zero-order chi connectivity index (χ0) is 8.97. The first-order chi connectivity index (χ1) is 5.70.